The second-order valence-corrected chi connectivity index (χ2v) is 16.8. The Labute approximate surface area is 354 Å². The third-order valence-electron chi connectivity index (χ3n) is 12.3. The lowest BCUT2D eigenvalue weighted by Gasteiger charge is -2.15. The number of rotatable bonds is 4. The van der Waals surface area contributed by atoms with Crippen molar-refractivity contribution in [3.63, 3.8) is 0 Å². The van der Waals surface area contributed by atoms with E-state index in [0.29, 0.717) is 17.5 Å². The van der Waals surface area contributed by atoms with E-state index in [9.17, 15) is 0 Å². The van der Waals surface area contributed by atoms with Gasteiger partial charge in [0.1, 0.15) is 0 Å². The number of nitrogens with zero attached hydrogens (tertiary/aromatic N) is 4. The lowest BCUT2D eigenvalue weighted by molar-refractivity contribution is 1.08. The van der Waals surface area contributed by atoms with E-state index >= 15 is 0 Å². The number of fused-ring (bicyclic) bond motifs is 13. The molecule has 0 saturated heterocycles. The first-order valence-corrected chi connectivity index (χ1v) is 21.4. The number of para-hydroxylation sites is 1. The molecule has 0 N–H and O–H groups in total. The zero-order chi connectivity index (χ0) is 40.0. The minimum atomic E-state index is 0.605. The maximum atomic E-state index is 5.38. The van der Waals surface area contributed by atoms with Crippen LogP contribution in [-0.2, 0) is 0 Å². The van der Waals surface area contributed by atoms with Crippen molar-refractivity contribution in [1.82, 2.24) is 19.9 Å². The third kappa shape index (κ3) is 5.31. The van der Waals surface area contributed by atoms with E-state index in [-0.39, 0.29) is 0 Å². The molecule has 13 aromatic rings. The van der Waals surface area contributed by atoms with Crippen molar-refractivity contribution in [1.29, 1.82) is 0 Å². The second kappa shape index (κ2) is 13.3. The van der Waals surface area contributed by atoms with Crippen LogP contribution >= 0.6 is 11.3 Å². The van der Waals surface area contributed by atoms with Crippen LogP contribution in [0.2, 0.25) is 0 Å². The van der Waals surface area contributed by atoms with Crippen molar-refractivity contribution in [2.24, 2.45) is 0 Å². The highest BCUT2D eigenvalue weighted by molar-refractivity contribution is 7.26. The summed E-state index contributed by atoms with van der Waals surface area (Å²) in [5, 5.41) is 15.3. The predicted octanol–water partition coefficient (Wildman–Crippen LogP) is 15.2. The molecule has 61 heavy (non-hydrogen) atoms. The Morgan fingerprint density at radius 3 is 1.49 bits per heavy atom. The maximum absolute atomic E-state index is 5.38. The summed E-state index contributed by atoms with van der Waals surface area (Å²) >= 11 is 1.86. The van der Waals surface area contributed by atoms with Gasteiger partial charge in [0.15, 0.2) is 17.5 Å². The van der Waals surface area contributed by atoms with Gasteiger partial charge in [-0.15, -0.1) is 11.3 Å². The van der Waals surface area contributed by atoms with E-state index in [1.54, 1.807) is 0 Å². The van der Waals surface area contributed by atoms with E-state index in [1.165, 1.54) is 47.1 Å². The quantitative estimate of drug-likeness (QED) is 0.167. The van der Waals surface area contributed by atoms with Gasteiger partial charge in [-0.25, -0.2) is 19.9 Å². The fraction of sp³-hybridized carbons (Fsp3) is 0. The average molecular weight is 793 g/mol. The number of thiophene rings is 1. The summed E-state index contributed by atoms with van der Waals surface area (Å²) in [6.45, 7) is 0. The van der Waals surface area contributed by atoms with Gasteiger partial charge >= 0.3 is 0 Å². The van der Waals surface area contributed by atoms with Gasteiger partial charge in [-0.05, 0) is 73.4 Å². The van der Waals surface area contributed by atoms with E-state index in [1.807, 2.05) is 11.3 Å². The number of hydrogen-bond acceptors (Lipinski definition) is 5. The molecule has 0 aliphatic heterocycles. The summed E-state index contributed by atoms with van der Waals surface area (Å²) in [4.78, 5) is 21.5. The molecule has 0 fully saturated rings. The van der Waals surface area contributed by atoms with Crippen molar-refractivity contribution < 1.29 is 0 Å². The molecular formula is C56H32N4S. The van der Waals surface area contributed by atoms with Gasteiger partial charge < -0.3 is 0 Å². The van der Waals surface area contributed by atoms with Crippen LogP contribution in [0, 0.1) is 0 Å². The Balaban J connectivity index is 1.08. The molecule has 0 aliphatic rings. The summed E-state index contributed by atoms with van der Waals surface area (Å²) in [5.74, 6) is 1.87. The maximum Gasteiger partial charge on any atom is 0.164 e. The second-order valence-electron chi connectivity index (χ2n) is 15.7. The van der Waals surface area contributed by atoms with Gasteiger partial charge in [-0.2, -0.15) is 0 Å². The average Bonchev–Trinajstić information content (AvgIpc) is 3.72. The molecule has 0 atom stereocenters. The normalized spacial score (nSPS) is 11.9. The van der Waals surface area contributed by atoms with Crippen molar-refractivity contribution in [3.05, 3.63) is 194 Å². The Kier molecular flexibility index (Phi) is 7.44. The first-order valence-electron chi connectivity index (χ1n) is 20.5. The van der Waals surface area contributed by atoms with Gasteiger partial charge in [-0.3, -0.25) is 0 Å². The largest absolute Gasteiger partial charge is 0.247 e. The lowest BCUT2D eigenvalue weighted by atomic mass is 9.95. The van der Waals surface area contributed by atoms with Crippen LogP contribution in [0.1, 0.15) is 0 Å². The molecule has 4 nitrogen and oxygen atoms in total. The third-order valence-corrected chi connectivity index (χ3v) is 13.5. The van der Waals surface area contributed by atoms with Crippen LogP contribution in [0.4, 0.5) is 0 Å². The van der Waals surface area contributed by atoms with Crippen LogP contribution in [-0.4, -0.2) is 19.9 Å². The Bertz CT molecular complexity index is 3820. The van der Waals surface area contributed by atoms with E-state index < -0.39 is 0 Å². The van der Waals surface area contributed by atoms with Crippen LogP contribution in [0.25, 0.3) is 130 Å². The molecule has 0 aliphatic carbocycles. The summed E-state index contributed by atoms with van der Waals surface area (Å²) in [7, 11) is 0. The molecule has 10 aromatic carbocycles. The number of hydrogen-bond donors (Lipinski definition) is 0. The molecule has 0 amide bonds. The van der Waals surface area contributed by atoms with E-state index in [0.717, 1.165) is 65.8 Å². The zero-order valence-electron chi connectivity index (χ0n) is 32.7. The van der Waals surface area contributed by atoms with Crippen molar-refractivity contribution in [3.8, 4) is 45.4 Å². The first-order chi connectivity index (χ1) is 30.2. The van der Waals surface area contributed by atoms with Gasteiger partial charge in [0, 0.05) is 58.6 Å². The minimum Gasteiger partial charge on any atom is -0.247 e. The van der Waals surface area contributed by atoms with Crippen molar-refractivity contribution in [2.45, 2.75) is 0 Å². The minimum absolute atomic E-state index is 0.605. The van der Waals surface area contributed by atoms with Crippen molar-refractivity contribution >= 4 is 96.3 Å². The first kappa shape index (κ1) is 34.0. The number of aromatic nitrogens is 4. The highest BCUT2D eigenvalue weighted by Gasteiger charge is 2.20. The standard InChI is InChI=1S/C56H32N4S/c1-3-18-37-33(14-1)31-47(41-22-7-5-20-39(37)41)55-58-54(59-56(60-55)48-32-34-15-2-4-19-38(34)40-21-6-8-23-42(40)48)36-17-13-16-35(30-36)52-46-29-28-44-43-24-10-12-27-50(43)61-53(44)51(46)45-25-9-11-26-49(45)57-52/h1-32H. The van der Waals surface area contributed by atoms with Gasteiger partial charge in [0.05, 0.1) is 11.2 Å². The fourth-order valence-corrected chi connectivity index (χ4v) is 10.7. The Morgan fingerprint density at radius 2 is 0.820 bits per heavy atom. The molecule has 0 unspecified atom stereocenters. The molecular weight excluding hydrogens is 761 g/mol. The molecule has 0 radical (unpaired) electrons. The Morgan fingerprint density at radius 1 is 0.311 bits per heavy atom. The fourth-order valence-electron chi connectivity index (χ4n) is 9.47. The SMILES string of the molecule is c1cc(-c2nc(-c3cc4ccccc4c4ccccc34)nc(-c3cc4ccccc4c4ccccc34)n2)cc(-c2nc3ccccc3c3c2ccc2c4ccccc4sc23)c1. The summed E-state index contributed by atoms with van der Waals surface area (Å²) in [5.41, 5.74) is 5.74. The molecule has 3 heterocycles. The van der Waals surface area contributed by atoms with E-state index in [2.05, 4.69) is 194 Å². The van der Waals surface area contributed by atoms with Crippen LogP contribution < -0.4 is 0 Å². The van der Waals surface area contributed by atoms with Crippen LogP contribution in [0.15, 0.2) is 194 Å². The topological polar surface area (TPSA) is 51.6 Å². The Hall–Kier alpha value is -7.86. The lowest BCUT2D eigenvalue weighted by Crippen LogP contribution is -2.01. The smallest absolute Gasteiger partial charge is 0.164 e. The zero-order valence-corrected chi connectivity index (χ0v) is 33.5. The van der Waals surface area contributed by atoms with Gasteiger partial charge in [-0.1, -0.05) is 164 Å². The highest BCUT2D eigenvalue weighted by atomic mass is 32.1. The van der Waals surface area contributed by atoms with Crippen LogP contribution in [0.5, 0.6) is 0 Å². The summed E-state index contributed by atoms with van der Waals surface area (Å²) in [6.07, 6.45) is 0. The monoisotopic (exact) mass is 792 g/mol. The molecule has 5 heteroatoms. The molecule has 13 rings (SSSR count). The van der Waals surface area contributed by atoms with Crippen molar-refractivity contribution in [2.75, 3.05) is 0 Å². The molecule has 282 valence electrons. The summed E-state index contributed by atoms with van der Waals surface area (Å²) < 4.78 is 2.57. The predicted molar refractivity (Wildman–Crippen MR) is 257 cm³/mol. The molecule has 0 spiro atoms. The number of pyridine rings is 1. The number of benzene rings is 10. The van der Waals surface area contributed by atoms with Gasteiger partial charge in [0.2, 0.25) is 0 Å². The van der Waals surface area contributed by atoms with Gasteiger partial charge in [0.25, 0.3) is 0 Å². The molecule has 0 saturated carbocycles. The highest BCUT2D eigenvalue weighted by Crippen LogP contribution is 2.44. The van der Waals surface area contributed by atoms with E-state index in [4.69, 9.17) is 19.9 Å². The van der Waals surface area contributed by atoms with Crippen LogP contribution in [0.3, 0.4) is 0 Å². The molecule has 3 aromatic heterocycles. The summed E-state index contributed by atoms with van der Waals surface area (Å²) in [6, 6.07) is 69.0. The molecule has 0 bridgehead atoms.